The van der Waals surface area contributed by atoms with Crippen molar-refractivity contribution in [2.45, 2.75) is 32.4 Å². The number of aryl methyl sites for hydroxylation is 1. The minimum Gasteiger partial charge on any atom is -0.310 e. The summed E-state index contributed by atoms with van der Waals surface area (Å²) in [5.74, 6) is 0. The molecule has 2 rings (SSSR count). The number of benzene rings is 2. The van der Waals surface area contributed by atoms with Gasteiger partial charge in [0.2, 0.25) is 0 Å². The molecule has 0 bridgehead atoms. The van der Waals surface area contributed by atoms with Gasteiger partial charge in [0, 0.05) is 24.7 Å². The SMILES string of the molecule is C[C@@H](CCc1ccccc1)NCc1cccc([N+](=O)[O-])c1. The molecule has 1 atom stereocenters. The molecule has 2 aromatic carbocycles. The lowest BCUT2D eigenvalue weighted by Gasteiger charge is -2.13. The molecule has 1 N–H and O–H groups in total. The molecule has 0 aliphatic carbocycles. The van der Waals surface area contributed by atoms with Gasteiger partial charge in [0.25, 0.3) is 5.69 Å². The van der Waals surface area contributed by atoms with Crippen molar-refractivity contribution in [2.24, 2.45) is 0 Å². The average molecular weight is 284 g/mol. The topological polar surface area (TPSA) is 55.2 Å². The standard InChI is InChI=1S/C17H20N2O2/c1-14(10-11-15-6-3-2-4-7-15)18-13-16-8-5-9-17(12-16)19(20)21/h2-9,12,14,18H,10-11,13H2,1H3/t14-/m0/s1. The van der Waals surface area contributed by atoms with Crippen molar-refractivity contribution in [3.05, 3.63) is 75.8 Å². The first-order valence-corrected chi connectivity index (χ1v) is 7.16. The first kappa shape index (κ1) is 15.2. The minimum atomic E-state index is -0.359. The largest absolute Gasteiger partial charge is 0.310 e. The molecule has 0 unspecified atom stereocenters. The molecule has 0 aliphatic heterocycles. The molecule has 110 valence electrons. The lowest BCUT2D eigenvalue weighted by atomic mass is 10.1. The summed E-state index contributed by atoms with van der Waals surface area (Å²) >= 11 is 0. The zero-order valence-corrected chi connectivity index (χ0v) is 12.2. The highest BCUT2D eigenvalue weighted by atomic mass is 16.6. The van der Waals surface area contributed by atoms with Crippen LogP contribution in [-0.4, -0.2) is 11.0 Å². The van der Waals surface area contributed by atoms with Gasteiger partial charge < -0.3 is 5.32 Å². The van der Waals surface area contributed by atoms with Gasteiger partial charge in [-0.05, 0) is 30.9 Å². The summed E-state index contributed by atoms with van der Waals surface area (Å²) in [5.41, 5.74) is 2.42. The van der Waals surface area contributed by atoms with Gasteiger partial charge in [-0.1, -0.05) is 42.5 Å². The van der Waals surface area contributed by atoms with Crippen LogP contribution in [0.4, 0.5) is 5.69 Å². The molecule has 0 aliphatic rings. The van der Waals surface area contributed by atoms with E-state index >= 15 is 0 Å². The molecule has 0 amide bonds. The van der Waals surface area contributed by atoms with Gasteiger partial charge in [-0.2, -0.15) is 0 Å². The third kappa shape index (κ3) is 5.00. The number of hydrogen-bond acceptors (Lipinski definition) is 3. The summed E-state index contributed by atoms with van der Waals surface area (Å²) in [7, 11) is 0. The lowest BCUT2D eigenvalue weighted by molar-refractivity contribution is -0.384. The highest BCUT2D eigenvalue weighted by Crippen LogP contribution is 2.13. The van der Waals surface area contributed by atoms with Crippen molar-refractivity contribution < 1.29 is 4.92 Å². The van der Waals surface area contributed by atoms with E-state index in [1.54, 1.807) is 12.1 Å². The van der Waals surface area contributed by atoms with E-state index in [0.717, 1.165) is 18.4 Å². The fourth-order valence-corrected chi connectivity index (χ4v) is 2.20. The van der Waals surface area contributed by atoms with Crippen LogP contribution in [0.25, 0.3) is 0 Å². The smallest absolute Gasteiger partial charge is 0.269 e. The number of non-ortho nitro benzene ring substituents is 1. The van der Waals surface area contributed by atoms with Gasteiger partial charge in [0.1, 0.15) is 0 Å². The summed E-state index contributed by atoms with van der Waals surface area (Å²) < 4.78 is 0. The molecule has 0 fully saturated rings. The molecular weight excluding hydrogens is 264 g/mol. The summed E-state index contributed by atoms with van der Waals surface area (Å²) in [5, 5.41) is 14.1. The van der Waals surface area contributed by atoms with Crippen LogP contribution >= 0.6 is 0 Å². The Morgan fingerprint density at radius 3 is 2.52 bits per heavy atom. The van der Waals surface area contributed by atoms with E-state index in [2.05, 4.69) is 36.5 Å². The van der Waals surface area contributed by atoms with Crippen molar-refractivity contribution in [3.8, 4) is 0 Å². The molecular formula is C17H20N2O2. The summed E-state index contributed by atoms with van der Waals surface area (Å²) in [6, 6.07) is 17.5. The Labute approximate surface area is 125 Å². The quantitative estimate of drug-likeness (QED) is 0.623. The summed E-state index contributed by atoms with van der Waals surface area (Å²) in [4.78, 5) is 10.4. The van der Waals surface area contributed by atoms with Gasteiger partial charge in [0.05, 0.1) is 4.92 Å². The highest BCUT2D eigenvalue weighted by Gasteiger charge is 2.07. The Morgan fingerprint density at radius 1 is 1.10 bits per heavy atom. The Bertz CT molecular complexity index is 584. The molecule has 4 heteroatoms. The van der Waals surface area contributed by atoms with E-state index in [1.165, 1.54) is 11.6 Å². The minimum absolute atomic E-state index is 0.145. The molecule has 0 saturated carbocycles. The van der Waals surface area contributed by atoms with Crippen molar-refractivity contribution in [2.75, 3.05) is 0 Å². The Morgan fingerprint density at radius 2 is 1.81 bits per heavy atom. The average Bonchev–Trinajstić information content (AvgIpc) is 2.52. The molecule has 21 heavy (non-hydrogen) atoms. The summed E-state index contributed by atoms with van der Waals surface area (Å²) in [6.45, 7) is 2.79. The van der Waals surface area contributed by atoms with Gasteiger partial charge in [-0.25, -0.2) is 0 Å². The van der Waals surface area contributed by atoms with Gasteiger partial charge >= 0.3 is 0 Å². The van der Waals surface area contributed by atoms with Crippen molar-refractivity contribution in [1.29, 1.82) is 0 Å². The van der Waals surface area contributed by atoms with Crippen LogP contribution in [0.5, 0.6) is 0 Å². The zero-order valence-electron chi connectivity index (χ0n) is 12.2. The van der Waals surface area contributed by atoms with Crippen molar-refractivity contribution in [1.82, 2.24) is 5.32 Å². The zero-order chi connectivity index (χ0) is 15.1. The molecule has 0 spiro atoms. The second-order valence-corrected chi connectivity index (χ2v) is 5.23. The van der Waals surface area contributed by atoms with E-state index in [-0.39, 0.29) is 10.6 Å². The maximum atomic E-state index is 10.7. The second-order valence-electron chi connectivity index (χ2n) is 5.23. The van der Waals surface area contributed by atoms with E-state index in [4.69, 9.17) is 0 Å². The molecule has 0 aromatic heterocycles. The third-order valence-electron chi connectivity index (χ3n) is 3.48. The number of rotatable bonds is 7. The number of hydrogen-bond donors (Lipinski definition) is 1. The summed E-state index contributed by atoms with van der Waals surface area (Å²) in [6.07, 6.45) is 2.07. The van der Waals surface area contributed by atoms with Crippen LogP contribution in [0.3, 0.4) is 0 Å². The lowest BCUT2D eigenvalue weighted by Crippen LogP contribution is -2.25. The number of nitrogens with zero attached hydrogens (tertiary/aromatic N) is 1. The maximum Gasteiger partial charge on any atom is 0.269 e. The monoisotopic (exact) mass is 284 g/mol. The third-order valence-corrected chi connectivity index (χ3v) is 3.48. The maximum absolute atomic E-state index is 10.7. The molecule has 4 nitrogen and oxygen atoms in total. The van der Waals surface area contributed by atoms with Crippen LogP contribution in [-0.2, 0) is 13.0 Å². The fraction of sp³-hybridized carbons (Fsp3) is 0.294. The van der Waals surface area contributed by atoms with E-state index in [0.29, 0.717) is 12.6 Å². The number of nitro groups is 1. The van der Waals surface area contributed by atoms with Crippen LogP contribution in [0.2, 0.25) is 0 Å². The van der Waals surface area contributed by atoms with Crippen LogP contribution in [0.1, 0.15) is 24.5 Å². The van der Waals surface area contributed by atoms with E-state index in [9.17, 15) is 10.1 Å². The fourth-order valence-electron chi connectivity index (χ4n) is 2.20. The van der Waals surface area contributed by atoms with Gasteiger partial charge in [-0.15, -0.1) is 0 Å². The molecule has 0 radical (unpaired) electrons. The molecule has 0 heterocycles. The van der Waals surface area contributed by atoms with E-state index in [1.807, 2.05) is 12.1 Å². The van der Waals surface area contributed by atoms with Crippen LogP contribution in [0.15, 0.2) is 54.6 Å². The van der Waals surface area contributed by atoms with Crippen molar-refractivity contribution >= 4 is 5.69 Å². The first-order valence-electron chi connectivity index (χ1n) is 7.16. The Balaban J connectivity index is 1.80. The van der Waals surface area contributed by atoms with Crippen LogP contribution < -0.4 is 5.32 Å². The Hall–Kier alpha value is -2.20. The van der Waals surface area contributed by atoms with Gasteiger partial charge in [-0.3, -0.25) is 10.1 Å². The predicted molar refractivity (Wildman–Crippen MR) is 84.2 cm³/mol. The highest BCUT2D eigenvalue weighted by molar-refractivity contribution is 5.34. The normalized spacial score (nSPS) is 12.0. The number of nitro benzene ring substituents is 1. The van der Waals surface area contributed by atoms with Crippen LogP contribution in [0, 0.1) is 10.1 Å². The first-order chi connectivity index (χ1) is 10.1. The Kier molecular flexibility index (Phi) is 5.46. The van der Waals surface area contributed by atoms with E-state index < -0.39 is 0 Å². The van der Waals surface area contributed by atoms with Crippen molar-refractivity contribution in [3.63, 3.8) is 0 Å². The number of nitrogens with one attached hydrogen (secondary N) is 1. The second kappa shape index (κ2) is 7.55. The molecule has 2 aromatic rings. The predicted octanol–water partition coefficient (Wildman–Crippen LogP) is 3.71. The molecule has 0 saturated heterocycles. The van der Waals surface area contributed by atoms with Gasteiger partial charge in [0.15, 0.2) is 0 Å².